The number of amides is 2. The standard InChI is InChI=1S/C19H17ClN4O2/c1-2-12-5-9-15(10-6-12)24-18(25)16-17(19(24)26)23(22-21-16)11-13-3-7-14(20)8-4-13/h3-10,16-17H,2,11H2,1H3/t16-,17+/m1/s1. The Morgan fingerprint density at radius 1 is 0.962 bits per heavy atom. The lowest BCUT2D eigenvalue weighted by Gasteiger charge is -2.20. The molecule has 4 rings (SSSR count). The van der Waals surface area contributed by atoms with Gasteiger partial charge in [0.15, 0.2) is 12.1 Å². The van der Waals surface area contributed by atoms with Crippen molar-refractivity contribution in [1.82, 2.24) is 5.01 Å². The maximum absolute atomic E-state index is 12.9. The molecular weight excluding hydrogens is 352 g/mol. The second-order valence-corrected chi connectivity index (χ2v) is 6.79. The molecule has 6 nitrogen and oxygen atoms in total. The fraction of sp³-hybridized carbons (Fsp3) is 0.263. The first-order chi connectivity index (χ1) is 12.6. The minimum absolute atomic E-state index is 0.289. The van der Waals surface area contributed by atoms with Crippen LogP contribution in [0.2, 0.25) is 5.02 Å². The third kappa shape index (κ3) is 2.76. The molecule has 7 heteroatoms. The molecule has 1 saturated heterocycles. The van der Waals surface area contributed by atoms with Gasteiger partial charge in [0.25, 0.3) is 11.8 Å². The smallest absolute Gasteiger partial charge is 0.263 e. The number of rotatable bonds is 4. The highest BCUT2D eigenvalue weighted by Gasteiger charge is 2.54. The number of halogens is 1. The lowest BCUT2D eigenvalue weighted by molar-refractivity contribution is -0.123. The highest BCUT2D eigenvalue weighted by molar-refractivity contribution is 6.30. The van der Waals surface area contributed by atoms with Gasteiger partial charge in [0, 0.05) is 5.02 Å². The highest BCUT2D eigenvalue weighted by Crippen LogP contribution is 2.33. The van der Waals surface area contributed by atoms with Crippen LogP contribution >= 0.6 is 11.6 Å². The number of benzene rings is 2. The minimum atomic E-state index is -0.777. The van der Waals surface area contributed by atoms with Crippen LogP contribution in [0, 0.1) is 0 Å². The molecule has 0 aromatic heterocycles. The summed E-state index contributed by atoms with van der Waals surface area (Å²) in [5, 5.41) is 10.3. The molecule has 2 aliphatic rings. The van der Waals surface area contributed by atoms with Gasteiger partial charge in [0.1, 0.15) is 0 Å². The van der Waals surface area contributed by atoms with E-state index in [0.717, 1.165) is 17.5 Å². The molecule has 0 saturated carbocycles. The van der Waals surface area contributed by atoms with Crippen molar-refractivity contribution in [2.75, 3.05) is 4.90 Å². The predicted octanol–water partition coefficient (Wildman–Crippen LogP) is 3.40. The first-order valence-corrected chi connectivity index (χ1v) is 8.85. The van der Waals surface area contributed by atoms with Crippen LogP contribution in [0.15, 0.2) is 58.9 Å². The number of hydrogen-bond donors (Lipinski definition) is 0. The van der Waals surface area contributed by atoms with Crippen molar-refractivity contribution < 1.29 is 9.59 Å². The Balaban J connectivity index is 1.57. The van der Waals surface area contributed by atoms with E-state index in [1.54, 1.807) is 29.3 Å². The second kappa shape index (κ2) is 6.53. The molecule has 0 spiro atoms. The van der Waals surface area contributed by atoms with E-state index in [0.29, 0.717) is 17.3 Å². The monoisotopic (exact) mass is 368 g/mol. The molecule has 0 radical (unpaired) electrons. The predicted molar refractivity (Wildman–Crippen MR) is 97.7 cm³/mol. The van der Waals surface area contributed by atoms with E-state index >= 15 is 0 Å². The fourth-order valence-corrected chi connectivity index (χ4v) is 3.39. The average Bonchev–Trinajstić information content (AvgIpc) is 3.17. The number of imide groups is 1. The Morgan fingerprint density at radius 3 is 2.27 bits per heavy atom. The zero-order valence-electron chi connectivity index (χ0n) is 14.2. The summed E-state index contributed by atoms with van der Waals surface area (Å²) >= 11 is 5.91. The Bertz CT molecular complexity index is 879. The SMILES string of the molecule is CCc1ccc(N2C(=O)[C@@H]3[C@@H](N=NN3Cc3ccc(Cl)cc3)C2=O)cc1. The third-order valence-electron chi connectivity index (χ3n) is 4.72. The summed E-state index contributed by atoms with van der Waals surface area (Å²) in [7, 11) is 0. The van der Waals surface area contributed by atoms with Gasteiger partial charge >= 0.3 is 0 Å². The molecule has 2 atom stereocenters. The summed E-state index contributed by atoms with van der Waals surface area (Å²) < 4.78 is 0. The number of carbonyl (C=O) groups is 2. The minimum Gasteiger partial charge on any atom is -0.271 e. The van der Waals surface area contributed by atoms with Crippen LogP contribution in [0.1, 0.15) is 18.1 Å². The van der Waals surface area contributed by atoms with Gasteiger partial charge in [0.2, 0.25) is 0 Å². The highest BCUT2D eigenvalue weighted by atomic mass is 35.5. The summed E-state index contributed by atoms with van der Waals surface area (Å²) in [6.45, 7) is 2.45. The Morgan fingerprint density at radius 2 is 1.62 bits per heavy atom. The second-order valence-electron chi connectivity index (χ2n) is 6.35. The number of fused-ring (bicyclic) bond motifs is 1. The van der Waals surface area contributed by atoms with E-state index in [1.165, 1.54) is 4.90 Å². The van der Waals surface area contributed by atoms with E-state index in [4.69, 9.17) is 11.6 Å². The Kier molecular flexibility index (Phi) is 4.20. The summed E-state index contributed by atoms with van der Waals surface area (Å²) in [4.78, 5) is 26.9. The zero-order valence-corrected chi connectivity index (χ0v) is 14.9. The molecule has 2 aliphatic heterocycles. The molecule has 0 N–H and O–H groups in total. The van der Waals surface area contributed by atoms with Crippen LogP contribution in [0.5, 0.6) is 0 Å². The summed E-state index contributed by atoms with van der Waals surface area (Å²) in [5.74, 6) is -0.616. The first-order valence-electron chi connectivity index (χ1n) is 8.47. The number of carbonyl (C=O) groups excluding carboxylic acids is 2. The van der Waals surface area contributed by atoms with Gasteiger partial charge < -0.3 is 0 Å². The molecule has 26 heavy (non-hydrogen) atoms. The number of hydrogen-bond acceptors (Lipinski definition) is 5. The van der Waals surface area contributed by atoms with Crippen LogP contribution in [0.4, 0.5) is 5.69 Å². The summed E-state index contributed by atoms with van der Waals surface area (Å²) in [5.41, 5.74) is 2.67. The molecule has 132 valence electrons. The summed E-state index contributed by atoms with van der Waals surface area (Å²) in [6.07, 6.45) is 0.899. The maximum Gasteiger partial charge on any atom is 0.263 e. The van der Waals surface area contributed by atoms with Crippen LogP contribution in [-0.2, 0) is 22.6 Å². The van der Waals surface area contributed by atoms with Crippen LogP contribution in [0.3, 0.4) is 0 Å². The van der Waals surface area contributed by atoms with Crippen LogP contribution < -0.4 is 4.90 Å². The molecule has 2 amide bonds. The van der Waals surface area contributed by atoms with Gasteiger partial charge in [-0.05, 0) is 41.8 Å². The van der Waals surface area contributed by atoms with E-state index < -0.39 is 12.1 Å². The van der Waals surface area contributed by atoms with Gasteiger partial charge in [-0.25, -0.2) is 4.90 Å². The maximum atomic E-state index is 12.9. The lowest BCUT2D eigenvalue weighted by Crippen LogP contribution is -2.39. The van der Waals surface area contributed by atoms with Crippen LogP contribution in [0.25, 0.3) is 0 Å². The fourth-order valence-electron chi connectivity index (χ4n) is 3.27. The zero-order chi connectivity index (χ0) is 18.3. The Labute approximate surface area is 156 Å². The van der Waals surface area contributed by atoms with Crippen LogP contribution in [-0.4, -0.2) is 28.9 Å². The topological polar surface area (TPSA) is 65.3 Å². The van der Waals surface area contributed by atoms with E-state index in [2.05, 4.69) is 17.3 Å². The van der Waals surface area contributed by atoms with Crippen molar-refractivity contribution in [3.63, 3.8) is 0 Å². The number of nitrogens with zero attached hydrogens (tertiary/aromatic N) is 4. The van der Waals surface area contributed by atoms with Gasteiger partial charge in [-0.1, -0.05) is 48.0 Å². The van der Waals surface area contributed by atoms with Gasteiger partial charge in [0.05, 0.1) is 12.2 Å². The van der Waals surface area contributed by atoms with Gasteiger partial charge in [-0.2, -0.15) is 5.11 Å². The van der Waals surface area contributed by atoms with E-state index in [9.17, 15) is 9.59 Å². The molecule has 0 aliphatic carbocycles. The average molecular weight is 369 g/mol. The van der Waals surface area contributed by atoms with Crippen molar-refractivity contribution in [1.29, 1.82) is 0 Å². The molecule has 2 aromatic carbocycles. The molecule has 0 bridgehead atoms. The molecule has 2 aromatic rings. The summed E-state index contributed by atoms with van der Waals surface area (Å²) in [6, 6.07) is 13.3. The molecule has 2 heterocycles. The Hall–Kier alpha value is -2.73. The lowest BCUT2D eigenvalue weighted by atomic mass is 10.1. The van der Waals surface area contributed by atoms with Gasteiger partial charge in [-0.3, -0.25) is 14.6 Å². The van der Waals surface area contributed by atoms with Crippen molar-refractivity contribution in [2.45, 2.75) is 32.0 Å². The van der Waals surface area contributed by atoms with Gasteiger partial charge in [-0.15, -0.1) is 0 Å². The largest absolute Gasteiger partial charge is 0.271 e. The molecule has 0 unspecified atom stereocenters. The quantitative estimate of drug-likeness (QED) is 0.777. The van der Waals surface area contributed by atoms with Crippen molar-refractivity contribution in [3.8, 4) is 0 Å². The van der Waals surface area contributed by atoms with Crippen molar-refractivity contribution in [3.05, 3.63) is 64.7 Å². The first kappa shape index (κ1) is 16.7. The third-order valence-corrected chi connectivity index (χ3v) is 4.97. The van der Waals surface area contributed by atoms with E-state index in [-0.39, 0.29) is 11.8 Å². The normalized spacial score (nSPS) is 21.6. The molecular formula is C19H17ClN4O2. The number of aryl methyl sites for hydroxylation is 1. The van der Waals surface area contributed by atoms with E-state index in [1.807, 2.05) is 24.3 Å². The molecule has 1 fully saturated rings. The number of anilines is 1. The van der Waals surface area contributed by atoms with Crippen molar-refractivity contribution >= 4 is 29.1 Å². The van der Waals surface area contributed by atoms with Crippen molar-refractivity contribution in [2.24, 2.45) is 10.3 Å².